The van der Waals surface area contributed by atoms with Crippen molar-refractivity contribution >= 4 is 40.3 Å². The zero-order chi connectivity index (χ0) is 12.0. The lowest BCUT2D eigenvalue weighted by atomic mass is 10.3. The number of aromatic nitrogens is 3. The van der Waals surface area contributed by atoms with Crippen LogP contribution >= 0.6 is 11.6 Å². The molecular weight excluding hydrogens is 244 g/mol. The van der Waals surface area contributed by atoms with Gasteiger partial charge in [0, 0.05) is 6.20 Å². The molecule has 0 spiro atoms. The third-order valence-electron chi connectivity index (χ3n) is 2.58. The van der Waals surface area contributed by atoms with E-state index in [0.29, 0.717) is 11.0 Å². The number of carbonyl (C=O) groups excluding carboxylic acids is 2. The predicted octanol–water partition coefficient (Wildman–Crippen LogP) is 0.917. The first-order valence-electron chi connectivity index (χ1n) is 4.98. The van der Waals surface area contributed by atoms with Gasteiger partial charge in [0.05, 0.1) is 18.4 Å². The van der Waals surface area contributed by atoms with E-state index in [2.05, 4.69) is 15.0 Å². The molecule has 3 heterocycles. The molecule has 1 aliphatic heterocycles. The molecule has 0 aromatic carbocycles. The minimum atomic E-state index is -0.294. The van der Waals surface area contributed by atoms with Crippen LogP contribution in [-0.2, 0) is 9.59 Å². The average Bonchev–Trinajstić information content (AvgIpc) is 2.84. The second-order valence-electron chi connectivity index (χ2n) is 3.75. The third kappa shape index (κ3) is 1.57. The van der Waals surface area contributed by atoms with Crippen molar-refractivity contribution in [3.05, 3.63) is 17.4 Å². The molecule has 6 nitrogen and oxygen atoms in total. The summed E-state index contributed by atoms with van der Waals surface area (Å²) in [4.78, 5) is 35.0. The Labute approximate surface area is 101 Å². The maximum absolute atomic E-state index is 11.5. The van der Waals surface area contributed by atoms with Gasteiger partial charge < -0.3 is 4.98 Å². The number of H-pyrrole nitrogens is 1. The fourth-order valence-corrected chi connectivity index (χ4v) is 2.01. The summed E-state index contributed by atoms with van der Waals surface area (Å²) in [6, 6.07) is 1.75. The van der Waals surface area contributed by atoms with Crippen LogP contribution in [0.1, 0.15) is 6.42 Å². The Kier molecular flexibility index (Phi) is 2.12. The van der Waals surface area contributed by atoms with Crippen LogP contribution < -0.4 is 4.90 Å². The van der Waals surface area contributed by atoms with Crippen LogP contribution in [0.2, 0.25) is 5.15 Å². The molecule has 0 saturated carbocycles. The quantitative estimate of drug-likeness (QED) is 0.603. The van der Waals surface area contributed by atoms with Gasteiger partial charge >= 0.3 is 0 Å². The number of hydrogen-bond donors (Lipinski definition) is 1. The normalized spacial score (nSPS) is 16.2. The lowest BCUT2D eigenvalue weighted by Gasteiger charge is -2.12. The Balaban J connectivity index is 2.11. The predicted molar refractivity (Wildman–Crippen MR) is 60.9 cm³/mol. The average molecular weight is 251 g/mol. The lowest BCUT2D eigenvalue weighted by molar-refractivity contribution is -0.121. The van der Waals surface area contributed by atoms with Crippen LogP contribution in [0.25, 0.3) is 11.0 Å². The van der Waals surface area contributed by atoms with Crippen LogP contribution in [0.5, 0.6) is 0 Å². The Bertz CT molecular complexity index is 636. The number of ketones is 1. The second kappa shape index (κ2) is 3.53. The van der Waals surface area contributed by atoms with Crippen LogP contribution in [0.4, 0.5) is 5.95 Å². The van der Waals surface area contributed by atoms with Gasteiger partial charge in [-0.15, -0.1) is 0 Å². The summed E-state index contributed by atoms with van der Waals surface area (Å²) in [7, 11) is 0. The van der Waals surface area contributed by atoms with E-state index in [0.717, 1.165) is 0 Å². The van der Waals surface area contributed by atoms with Crippen molar-refractivity contribution in [3.8, 4) is 0 Å². The monoisotopic (exact) mass is 250 g/mol. The zero-order valence-electron chi connectivity index (χ0n) is 8.61. The summed E-state index contributed by atoms with van der Waals surface area (Å²) in [5.41, 5.74) is 0.548. The molecule has 0 unspecified atom stereocenters. The first-order chi connectivity index (χ1) is 8.15. The van der Waals surface area contributed by atoms with Gasteiger partial charge in [0.15, 0.2) is 5.78 Å². The van der Waals surface area contributed by atoms with Crippen molar-refractivity contribution in [1.82, 2.24) is 15.0 Å². The molecule has 0 atom stereocenters. The molecular formula is C10H7ClN4O2. The van der Waals surface area contributed by atoms with E-state index in [4.69, 9.17) is 11.6 Å². The summed E-state index contributed by atoms with van der Waals surface area (Å²) in [5.74, 6) is -0.265. The summed E-state index contributed by atoms with van der Waals surface area (Å²) >= 11 is 5.97. The molecule has 2 aromatic rings. The maximum Gasteiger partial charge on any atom is 0.237 e. The van der Waals surface area contributed by atoms with E-state index in [1.165, 1.54) is 4.90 Å². The Morgan fingerprint density at radius 2 is 2.18 bits per heavy atom. The molecule has 0 radical (unpaired) electrons. The van der Waals surface area contributed by atoms with Gasteiger partial charge in [0.25, 0.3) is 0 Å². The van der Waals surface area contributed by atoms with Gasteiger partial charge in [0.2, 0.25) is 11.9 Å². The zero-order valence-corrected chi connectivity index (χ0v) is 9.36. The highest BCUT2D eigenvalue weighted by atomic mass is 35.5. The molecule has 1 aliphatic rings. The molecule has 17 heavy (non-hydrogen) atoms. The van der Waals surface area contributed by atoms with Gasteiger partial charge in [-0.05, 0) is 6.07 Å². The molecule has 1 amide bonds. The van der Waals surface area contributed by atoms with E-state index in [1.54, 1.807) is 12.3 Å². The number of carbonyl (C=O) groups is 2. The molecule has 0 bridgehead atoms. The van der Waals surface area contributed by atoms with E-state index >= 15 is 0 Å². The summed E-state index contributed by atoms with van der Waals surface area (Å²) in [5, 5.41) is 0.951. The van der Waals surface area contributed by atoms with E-state index < -0.39 is 0 Å². The van der Waals surface area contributed by atoms with Gasteiger partial charge in [-0.1, -0.05) is 11.6 Å². The highest BCUT2D eigenvalue weighted by Gasteiger charge is 2.31. The lowest BCUT2D eigenvalue weighted by Crippen LogP contribution is -2.26. The number of hydrogen-bond acceptors (Lipinski definition) is 4. The number of anilines is 1. The fourth-order valence-electron chi connectivity index (χ4n) is 1.78. The largest absolute Gasteiger partial charge is 0.346 e. The van der Waals surface area contributed by atoms with Crippen LogP contribution in [0.15, 0.2) is 12.3 Å². The van der Waals surface area contributed by atoms with Crippen LogP contribution in [-0.4, -0.2) is 33.2 Å². The van der Waals surface area contributed by atoms with Crippen molar-refractivity contribution in [2.24, 2.45) is 0 Å². The molecule has 1 saturated heterocycles. The van der Waals surface area contributed by atoms with Crippen molar-refractivity contribution in [1.29, 1.82) is 0 Å². The van der Waals surface area contributed by atoms with E-state index in [-0.39, 0.29) is 35.8 Å². The summed E-state index contributed by atoms with van der Waals surface area (Å²) in [6.45, 7) is 0.0153. The van der Waals surface area contributed by atoms with Crippen molar-refractivity contribution in [2.75, 3.05) is 11.4 Å². The topological polar surface area (TPSA) is 79.0 Å². The smallest absolute Gasteiger partial charge is 0.237 e. The fraction of sp³-hybridized carbons (Fsp3) is 0.200. The number of rotatable bonds is 1. The van der Waals surface area contributed by atoms with E-state index in [9.17, 15) is 9.59 Å². The van der Waals surface area contributed by atoms with Crippen molar-refractivity contribution in [3.63, 3.8) is 0 Å². The number of Topliss-reactive ketones (excluding diaryl/α,β-unsaturated/α-hetero) is 1. The van der Waals surface area contributed by atoms with Crippen molar-refractivity contribution in [2.45, 2.75) is 6.42 Å². The molecule has 2 aromatic heterocycles. The SMILES string of the molecule is O=C1CC(=O)N(c2nc(Cl)c3cc[nH]c3n2)C1. The molecule has 0 aliphatic carbocycles. The number of nitrogens with zero attached hydrogens (tertiary/aromatic N) is 3. The van der Waals surface area contributed by atoms with Crippen LogP contribution in [0.3, 0.4) is 0 Å². The second-order valence-corrected chi connectivity index (χ2v) is 4.11. The number of nitrogens with one attached hydrogen (secondary N) is 1. The van der Waals surface area contributed by atoms with Gasteiger partial charge in [0.1, 0.15) is 10.8 Å². The number of aromatic amines is 1. The highest BCUT2D eigenvalue weighted by molar-refractivity contribution is 6.34. The van der Waals surface area contributed by atoms with Gasteiger partial charge in [-0.25, -0.2) is 0 Å². The van der Waals surface area contributed by atoms with Crippen molar-refractivity contribution < 1.29 is 9.59 Å². The van der Waals surface area contributed by atoms with Gasteiger partial charge in [-0.3, -0.25) is 14.5 Å². The van der Waals surface area contributed by atoms with Gasteiger partial charge in [-0.2, -0.15) is 9.97 Å². The minimum Gasteiger partial charge on any atom is -0.346 e. The summed E-state index contributed by atoms with van der Waals surface area (Å²) < 4.78 is 0. The molecule has 7 heteroatoms. The number of halogens is 1. The maximum atomic E-state index is 11.5. The molecule has 1 fully saturated rings. The third-order valence-corrected chi connectivity index (χ3v) is 2.87. The first kappa shape index (κ1) is 10.2. The Morgan fingerprint density at radius 3 is 2.88 bits per heavy atom. The summed E-state index contributed by atoms with van der Waals surface area (Å²) in [6.07, 6.45) is 1.59. The molecule has 86 valence electrons. The first-order valence-corrected chi connectivity index (χ1v) is 5.35. The highest BCUT2D eigenvalue weighted by Crippen LogP contribution is 2.24. The molecule has 3 rings (SSSR count). The minimum absolute atomic E-state index is 0.0153. The number of fused-ring (bicyclic) bond motifs is 1. The van der Waals surface area contributed by atoms with E-state index in [1.807, 2.05) is 0 Å². The number of amides is 1. The Morgan fingerprint density at radius 1 is 1.35 bits per heavy atom. The molecule has 1 N–H and O–H groups in total. The van der Waals surface area contributed by atoms with Crippen LogP contribution in [0, 0.1) is 0 Å². The standard InChI is InChI=1S/C10H7ClN4O2/c11-8-6-1-2-12-9(6)14-10(13-8)15-4-5(16)3-7(15)17/h1-2H,3-4H2,(H,12,13,14). The Hall–Kier alpha value is -1.95.